The lowest BCUT2D eigenvalue weighted by molar-refractivity contribution is 0.100. The first-order valence-electron chi connectivity index (χ1n) is 5.51. The lowest BCUT2D eigenvalue weighted by Crippen LogP contribution is -2.18. The standard InChI is InChI=1S/C11H13N5O3S/c1-16-6-14-9(12)11(16)20(18,19)15-8-4-2-3-7(5-8)10(13)17/h2-6,15H,12H2,1H3,(H2,13,17). The Kier molecular flexibility index (Phi) is 3.36. The number of amides is 1. The molecule has 0 aliphatic heterocycles. The molecule has 0 saturated carbocycles. The number of benzene rings is 1. The van der Waals surface area contributed by atoms with E-state index in [1.165, 1.54) is 42.2 Å². The average molecular weight is 295 g/mol. The number of hydrogen-bond donors (Lipinski definition) is 3. The summed E-state index contributed by atoms with van der Waals surface area (Å²) in [6.07, 6.45) is 1.30. The summed E-state index contributed by atoms with van der Waals surface area (Å²) in [5, 5.41) is -0.151. The number of sulfonamides is 1. The van der Waals surface area contributed by atoms with Gasteiger partial charge in [0, 0.05) is 18.3 Å². The Balaban J connectivity index is 2.39. The maximum absolute atomic E-state index is 12.2. The molecule has 106 valence electrons. The van der Waals surface area contributed by atoms with Crippen molar-refractivity contribution >= 4 is 27.4 Å². The summed E-state index contributed by atoms with van der Waals surface area (Å²) in [5.74, 6) is -0.753. The van der Waals surface area contributed by atoms with E-state index in [0.717, 1.165) is 0 Å². The van der Waals surface area contributed by atoms with Gasteiger partial charge < -0.3 is 16.0 Å². The van der Waals surface area contributed by atoms with Crippen molar-refractivity contribution in [1.82, 2.24) is 9.55 Å². The second-order valence-corrected chi connectivity index (χ2v) is 5.69. The van der Waals surface area contributed by atoms with E-state index in [2.05, 4.69) is 9.71 Å². The lowest BCUT2D eigenvalue weighted by Gasteiger charge is -2.09. The Morgan fingerprint density at radius 3 is 2.65 bits per heavy atom. The van der Waals surface area contributed by atoms with E-state index in [-0.39, 0.29) is 22.1 Å². The number of nitrogens with zero attached hydrogens (tertiary/aromatic N) is 2. The van der Waals surface area contributed by atoms with Crippen LogP contribution in [0.4, 0.5) is 11.5 Å². The summed E-state index contributed by atoms with van der Waals surface area (Å²) in [6, 6.07) is 5.84. The van der Waals surface area contributed by atoms with E-state index in [1.54, 1.807) is 0 Å². The van der Waals surface area contributed by atoms with Crippen LogP contribution in [0.1, 0.15) is 10.4 Å². The molecule has 20 heavy (non-hydrogen) atoms. The molecule has 8 nitrogen and oxygen atoms in total. The number of imidazole rings is 1. The van der Waals surface area contributed by atoms with Crippen LogP contribution in [0.25, 0.3) is 0 Å². The number of carbonyl (C=O) groups excluding carboxylic acids is 1. The normalized spacial score (nSPS) is 11.2. The molecule has 1 heterocycles. The number of carbonyl (C=O) groups is 1. The predicted molar refractivity (Wildman–Crippen MR) is 73.4 cm³/mol. The minimum absolute atomic E-state index is 0.106. The van der Waals surface area contributed by atoms with Crippen molar-refractivity contribution in [3.63, 3.8) is 0 Å². The number of anilines is 2. The molecular weight excluding hydrogens is 282 g/mol. The van der Waals surface area contributed by atoms with Crippen LogP contribution in [0, 0.1) is 0 Å². The highest BCUT2D eigenvalue weighted by atomic mass is 32.2. The second-order valence-electron chi connectivity index (χ2n) is 4.10. The zero-order chi connectivity index (χ0) is 14.9. The highest BCUT2D eigenvalue weighted by Crippen LogP contribution is 2.20. The molecule has 0 aliphatic rings. The maximum atomic E-state index is 12.2. The Morgan fingerprint density at radius 1 is 1.40 bits per heavy atom. The van der Waals surface area contributed by atoms with Crippen molar-refractivity contribution in [1.29, 1.82) is 0 Å². The largest absolute Gasteiger partial charge is 0.381 e. The highest BCUT2D eigenvalue weighted by molar-refractivity contribution is 7.92. The number of rotatable bonds is 4. The van der Waals surface area contributed by atoms with Crippen LogP contribution in [-0.4, -0.2) is 23.9 Å². The number of nitrogens with one attached hydrogen (secondary N) is 1. The van der Waals surface area contributed by atoms with Crippen molar-refractivity contribution in [3.05, 3.63) is 36.2 Å². The van der Waals surface area contributed by atoms with E-state index < -0.39 is 15.9 Å². The molecule has 0 atom stereocenters. The Morgan fingerprint density at radius 2 is 2.10 bits per heavy atom. The van der Waals surface area contributed by atoms with Crippen LogP contribution in [-0.2, 0) is 17.1 Å². The first kappa shape index (κ1) is 13.9. The zero-order valence-electron chi connectivity index (χ0n) is 10.6. The van der Waals surface area contributed by atoms with Gasteiger partial charge in [-0.05, 0) is 18.2 Å². The minimum atomic E-state index is -3.90. The van der Waals surface area contributed by atoms with Gasteiger partial charge >= 0.3 is 0 Å². The molecule has 2 aromatic rings. The summed E-state index contributed by atoms with van der Waals surface area (Å²) in [7, 11) is -2.39. The van der Waals surface area contributed by atoms with Crippen molar-refractivity contribution < 1.29 is 13.2 Å². The van der Waals surface area contributed by atoms with Gasteiger partial charge in [-0.2, -0.15) is 8.42 Å². The molecule has 9 heteroatoms. The van der Waals surface area contributed by atoms with Gasteiger partial charge in [0.2, 0.25) is 5.91 Å². The molecular formula is C11H13N5O3S. The third kappa shape index (κ3) is 2.57. The third-order valence-corrected chi connectivity index (χ3v) is 4.07. The van der Waals surface area contributed by atoms with Crippen LogP contribution in [0.2, 0.25) is 0 Å². The SMILES string of the molecule is Cn1cnc(N)c1S(=O)(=O)Nc1cccc(C(N)=O)c1. The Hall–Kier alpha value is -2.55. The average Bonchev–Trinajstić information content (AvgIpc) is 2.69. The van der Waals surface area contributed by atoms with E-state index in [4.69, 9.17) is 11.5 Å². The predicted octanol–water partition coefficient (Wildman–Crippen LogP) is -0.0980. The number of nitrogens with two attached hydrogens (primary N) is 2. The molecule has 0 fully saturated rings. The molecule has 0 unspecified atom stereocenters. The van der Waals surface area contributed by atoms with E-state index in [9.17, 15) is 13.2 Å². The summed E-state index contributed by atoms with van der Waals surface area (Å²) in [6.45, 7) is 0. The van der Waals surface area contributed by atoms with E-state index >= 15 is 0 Å². The van der Waals surface area contributed by atoms with Crippen LogP contribution < -0.4 is 16.2 Å². The number of primary amides is 1. The van der Waals surface area contributed by atoms with Crippen LogP contribution in [0.5, 0.6) is 0 Å². The lowest BCUT2D eigenvalue weighted by atomic mass is 10.2. The van der Waals surface area contributed by atoms with Gasteiger partial charge in [0.05, 0.1) is 6.33 Å². The fraction of sp³-hybridized carbons (Fsp3) is 0.0909. The van der Waals surface area contributed by atoms with Gasteiger partial charge in [0.25, 0.3) is 10.0 Å². The molecule has 0 saturated heterocycles. The molecule has 0 radical (unpaired) electrons. The van der Waals surface area contributed by atoms with Crippen molar-refractivity contribution in [2.45, 2.75) is 5.03 Å². The molecule has 0 aliphatic carbocycles. The van der Waals surface area contributed by atoms with Gasteiger partial charge in [-0.15, -0.1) is 0 Å². The van der Waals surface area contributed by atoms with Crippen molar-refractivity contribution in [2.75, 3.05) is 10.5 Å². The van der Waals surface area contributed by atoms with Gasteiger partial charge in [0.1, 0.15) is 0 Å². The van der Waals surface area contributed by atoms with Crippen molar-refractivity contribution in [3.8, 4) is 0 Å². The van der Waals surface area contributed by atoms with E-state index in [1.807, 2.05) is 0 Å². The Labute approximate surface area is 115 Å². The molecule has 1 aromatic heterocycles. The minimum Gasteiger partial charge on any atom is -0.381 e. The molecule has 1 amide bonds. The quantitative estimate of drug-likeness (QED) is 0.724. The maximum Gasteiger partial charge on any atom is 0.281 e. The summed E-state index contributed by atoms with van der Waals surface area (Å²) in [4.78, 5) is 14.8. The number of hydrogen-bond acceptors (Lipinski definition) is 5. The summed E-state index contributed by atoms with van der Waals surface area (Å²) < 4.78 is 28.0. The van der Waals surface area contributed by atoms with Crippen molar-refractivity contribution in [2.24, 2.45) is 12.8 Å². The van der Waals surface area contributed by atoms with E-state index in [0.29, 0.717) is 0 Å². The third-order valence-electron chi connectivity index (χ3n) is 2.56. The molecule has 1 aromatic carbocycles. The summed E-state index contributed by atoms with van der Waals surface area (Å²) in [5.41, 5.74) is 11.1. The highest BCUT2D eigenvalue weighted by Gasteiger charge is 2.22. The smallest absolute Gasteiger partial charge is 0.281 e. The number of aryl methyl sites for hydroxylation is 1. The Bertz CT molecular complexity index is 747. The topological polar surface area (TPSA) is 133 Å². The summed E-state index contributed by atoms with van der Waals surface area (Å²) >= 11 is 0. The molecule has 5 N–H and O–H groups in total. The van der Waals surface area contributed by atoms with Gasteiger partial charge in [-0.25, -0.2) is 4.98 Å². The van der Waals surface area contributed by atoms with Gasteiger partial charge in [0.15, 0.2) is 10.8 Å². The van der Waals surface area contributed by atoms with Gasteiger partial charge in [-0.1, -0.05) is 6.07 Å². The molecule has 2 rings (SSSR count). The number of nitrogen functional groups attached to an aromatic ring is 1. The van der Waals surface area contributed by atoms with Crippen LogP contribution >= 0.6 is 0 Å². The zero-order valence-corrected chi connectivity index (χ0v) is 11.4. The number of aromatic nitrogens is 2. The molecule has 0 bridgehead atoms. The second kappa shape index (κ2) is 4.85. The van der Waals surface area contributed by atoms with Gasteiger partial charge in [-0.3, -0.25) is 9.52 Å². The van der Waals surface area contributed by atoms with Crippen LogP contribution in [0.3, 0.4) is 0 Å². The molecule has 0 spiro atoms. The fourth-order valence-electron chi connectivity index (χ4n) is 1.70. The first-order chi connectivity index (χ1) is 9.31. The first-order valence-corrected chi connectivity index (χ1v) is 6.99. The monoisotopic (exact) mass is 295 g/mol. The fourth-order valence-corrected chi connectivity index (χ4v) is 2.99. The van der Waals surface area contributed by atoms with Crippen LogP contribution in [0.15, 0.2) is 35.6 Å².